The molecule has 102 valence electrons. The lowest BCUT2D eigenvalue weighted by atomic mass is 10.1. The third kappa shape index (κ3) is 2.98. The Hall–Kier alpha value is -1.35. The highest BCUT2D eigenvalue weighted by atomic mass is 16.2. The molecule has 0 radical (unpaired) electrons. The molecule has 1 aliphatic heterocycles. The normalized spacial score (nSPS) is 25.1. The zero-order chi connectivity index (χ0) is 13.2. The number of nitrogens with zero attached hydrogens (tertiary/aromatic N) is 1. The Morgan fingerprint density at radius 3 is 2.53 bits per heavy atom. The molecule has 0 unspecified atom stereocenters. The maximum atomic E-state index is 11.7. The first-order valence-corrected chi connectivity index (χ1v) is 7.31. The van der Waals surface area contributed by atoms with Crippen LogP contribution in [-0.2, 0) is 17.9 Å². The molecule has 1 N–H and O–H groups in total. The highest BCUT2D eigenvalue weighted by molar-refractivity contribution is 5.81. The van der Waals surface area contributed by atoms with Gasteiger partial charge in [-0.05, 0) is 29.9 Å². The van der Waals surface area contributed by atoms with Gasteiger partial charge in [0.15, 0.2) is 0 Å². The van der Waals surface area contributed by atoms with Crippen molar-refractivity contribution in [3.05, 3.63) is 35.4 Å². The van der Waals surface area contributed by atoms with Crippen molar-refractivity contribution in [1.29, 1.82) is 0 Å². The number of carbonyl (C=O) groups is 1. The van der Waals surface area contributed by atoms with E-state index in [-0.39, 0.29) is 5.91 Å². The third-order valence-corrected chi connectivity index (χ3v) is 4.30. The first kappa shape index (κ1) is 12.7. The number of rotatable bonds is 5. The summed E-state index contributed by atoms with van der Waals surface area (Å²) in [5.74, 6) is 1.17. The van der Waals surface area contributed by atoms with Gasteiger partial charge in [0.1, 0.15) is 0 Å². The molecule has 1 aliphatic carbocycles. The Bertz CT molecular complexity index is 447. The molecule has 1 saturated carbocycles. The quantitative estimate of drug-likeness (QED) is 0.821. The molecule has 2 atom stereocenters. The monoisotopic (exact) mass is 258 g/mol. The van der Waals surface area contributed by atoms with E-state index < -0.39 is 0 Å². The maximum Gasteiger partial charge on any atom is 0.223 e. The molecule has 0 saturated heterocycles. The van der Waals surface area contributed by atoms with E-state index in [9.17, 15) is 4.79 Å². The largest absolute Gasteiger partial charge is 0.356 e. The van der Waals surface area contributed by atoms with Gasteiger partial charge in [-0.1, -0.05) is 31.2 Å². The fourth-order valence-corrected chi connectivity index (χ4v) is 2.89. The van der Waals surface area contributed by atoms with E-state index in [0.717, 1.165) is 39.0 Å². The van der Waals surface area contributed by atoms with Crippen LogP contribution >= 0.6 is 0 Å². The average Bonchev–Trinajstić information content (AvgIpc) is 3.00. The van der Waals surface area contributed by atoms with E-state index in [1.54, 1.807) is 0 Å². The lowest BCUT2D eigenvalue weighted by Crippen LogP contribution is -2.29. The first-order chi connectivity index (χ1) is 9.24. The van der Waals surface area contributed by atoms with Crippen LogP contribution in [0.3, 0.4) is 0 Å². The minimum atomic E-state index is 0.261. The SMILES string of the molecule is C[C@@H]1C[C@@H]1C(=O)NCCCN1Cc2ccccc2C1. The van der Waals surface area contributed by atoms with Gasteiger partial charge in [0, 0.05) is 32.1 Å². The van der Waals surface area contributed by atoms with E-state index in [0.29, 0.717) is 11.8 Å². The van der Waals surface area contributed by atoms with E-state index in [2.05, 4.69) is 41.4 Å². The molecule has 3 nitrogen and oxygen atoms in total. The molecule has 0 aromatic heterocycles. The number of fused-ring (bicyclic) bond motifs is 1. The summed E-state index contributed by atoms with van der Waals surface area (Å²) in [5.41, 5.74) is 2.91. The molecule has 0 bridgehead atoms. The summed E-state index contributed by atoms with van der Waals surface area (Å²) in [5, 5.41) is 3.05. The summed E-state index contributed by atoms with van der Waals surface area (Å²) >= 11 is 0. The van der Waals surface area contributed by atoms with E-state index in [1.165, 1.54) is 11.1 Å². The van der Waals surface area contributed by atoms with Gasteiger partial charge in [-0.15, -0.1) is 0 Å². The predicted molar refractivity (Wildman–Crippen MR) is 75.5 cm³/mol. The third-order valence-electron chi connectivity index (χ3n) is 4.30. The predicted octanol–water partition coefficient (Wildman–Crippen LogP) is 2.16. The molecule has 1 heterocycles. The summed E-state index contributed by atoms with van der Waals surface area (Å²) in [6, 6.07) is 8.65. The van der Waals surface area contributed by atoms with Gasteiger partial charge in [-0.3, -0.25) is 9.69 Å². The fourth-order valence-electron chi connectivity index (χ4n) is 2.89. The van der Waals surface area contributed by atoms with Crippen molar-refractivity contribution < 1.29 is 4.79 Å². The summed E-state index contributed by atoms with van der Waals surface area (Å²) in [4.78, 5) is 14.1. The van der Waals surface area contributed by atoms with Crippen LogP contribution in [0, 0.1) is 11.8 Å². The van der Waals surface area contributed by atoms with Crippen LogP contribution in [0.5, 0.6) is 0 Å². The zero-order valence-corrected chi connectivity index (χ0v) is 11.6. The topological polar surface area (TPSA) is 32.3 Å². The molecule has 1 fully saturated rings. The van der Waals surface area contributed by atoms with Crippen LogP contribution < -0.4 is 5.32 Å². The highest BCUT2D eigenvalue weighted by Crippen LogP contribution is 2.37. The molecule has 0 spiro atoms. The molecular weight excluding hydrogens is 236 g/mol. The molecule has 19 heavy (non-hydrogen) atoms. The van der Waals surface area contributed by atoms with Gasteiger partial charge in [0.05, 0.1) is 0 Å². The lowest BCUT2D eigenvalue weighted by Gasteiger charge is -2.14. The van der Waals surface area contributed by atoms with Crippen LogP contribution in [0.1, 0.15) is 30.9 Å². The number of hydrogen-bond donors (Lipinski definition) is 1. The van der Waals surface area contributed by atoms with Gasteiger partial charge < -0.3 is 5.32 Å². The van der Waals surface area contributed by atoms with Crippen LogP contribution in [0.4, 0.5) is 0 Å². The summed E-state index contributed by atoms with van der Waals surface area (Å²) in [6.45, 7) is 6.14. The number of nitrogens with one attached hydrogen (secondary N) is 1. The summed E-state index contributed by atoms with van der Waals surface area (Å²) in [6.07, 6.45) is 2.12. The number of hydrogen-bond acceptors (Lipinski definition) is 2. The van der Waals surface area contributed by atoms with Gasteiger partial charge in [-0.2, -0.15) is 0 Å². The molecule has 3 rings (SSSR count). The van der Waals surface area contributed by atoms with E-state index in [1.807, 2.05) is 0 Å². The Morgan fingerprint density at radius 2 is 1.95 bits per heavy atom. The molecule has 1 aromatic carbocycles. The highest BCUT2D eigenvalue weighted by Gasteiger charge is 2.38. The maximum absolute atomic E-state index is 11.7. The van der Waals surface area contributed by atoms with E-state index in [4.69, 9.17) is 0 Å². The van der Waals surface area contributed by atoms with Crippen molar-refractivity contribution in [2.45, 2.75) is 32.9 Å². The summed E-state index contributed by atoms with van der Waals surface area (Å²) < 4.78 is 0. The van der Waals surface area contributed by atoms with Crippen molar-refractivity contribution in [3.8, 4) is 0 Å². The van der Waals surface area contributed by atoms with E-state index >= 15 is 0 Å². The Labute approximate surface area is 115 Å². The Balaban J connectivity index is 1.35. The van der Waals surface area contributed by atoms with Gasteiger partial charge in [0.2, 0.25) is 5.91 Å². The molecule has 1 amide bonds. The zero-order valence-electron chi connectivity index (χ0n) is 11.6. The second-order valence-corrected chi connectivity index (χ2v) is 5.94. The lowest BCUT2D eigenvalue weighted by molar-refractivity contribution is -0.122. The summed E-state index contributed by atoms with van der Waals surface area (Å²) in [7, 11) is 0. The minimum absolute atomic E-state index is 0.261. The molecule has 3 heteroatoms. The molecule has 1 aromatic rings. The fraction of sp³-hybridized carbons (Fsp3) is 0.562. The van der Waals surface area contributed by atoms with Crippen LogP contribution in [0.25, 0.3) is 0 Å². The number of carbonyl (C=O) groups excluding carboxylic acids is 1. The Kier molecular flexibility index (Phi) is 3.56. The second kappa shape index (κ2) is 5.33. The van der Waals surface area contributed by atoms with Crippen molar-refractivity contribution in [2.75, 3.05) is 13.1 Å². The van der Waals surface area contributed by atoms with Gasteiger partial charge >= 0.3 is 0 Å². The van der Waals surface area contributed by atoms with Crippen LogP contribution in [0.2, 0.25) is 0 Å². The standard InChI is InChI=1S/C16H22N2O/c1-12-9-15(12)16(19)17-7-4-8-18-10-13-5-2-3-6-14(13)11-18/h2-3,5-6,12,15H,4,7-11H2,1H3,(H,17,19)/t12-,15+/m1/s1. The van der Waals surface area contributed by atoms with Crippen molar-refractivity contribution in [2.24, 2.45) is 11.8 Å². The van der Waals surface area contributed by atoms with Crippen molar-refractivity contribution in [1.82, 2.24) is 10.2 Å². The molecule has 2 aliphatic rings. The van der Waals surface area contributed by atoms with Crippen LogP contribution in [0.15, 0.2) is 24.3 Å². The number of benzene rings is 1. The van der Waals surface area contributed by atoms with Gasteiger partial charge in [-0.25, -0.2) is 0 Å². The second-order valence-electron chi connectivity index (χ2n) is 5.94. The minimum Gasteiger partial charge on any atom is -0.356 e. The van der Waals surface area contributed by atoms with Gasteiger partial charge in [0.25, 0.3) is 0 Å². The molecular formula is C16H22N2O. The van der Waals surface area contributed by atoms with Crippen molar-refractivity contribution >= 4 is 5.91 Å². The number of amides is 1. The average molecular weight is 258 g/mol. The van der Waals surface area contributed by atoms with Crippen molar-refractivity contribution in [3.63, 3.8) is 0 Å². The first-order valence-electron chi connectivity index (χ1n) is 7.31. The van der Waals surface area contributed by atoms with Crippen LogP contribution in [-0.4, -0.2) is 23.9 Å². The Morgan fingerprint density at radius 1 is 1.32 bits per heavy atom. The smallest absolute Gasteiger partial charge is 0.223 e.